The molecule has 2 aromatic heterocycles. The van der Waals surface area contributed by atoms with Crippen LogP contribution in [0.25, 0.3) is 11.3 Å². The van der Waals surface area contributed by atoms with Crippen LogP contribution in [0.2, 0.25) is 0 Å². The van der Waals surface area contributed by atoms with Crippen LogP contribution >= 0.6 is 0 Å². The summed E-state index contributed by atoms with van der Waals surface area (Å²) >= 11 is 0. The average molecular weight is 402 g/mol. The summed E-state index contributed by atoms with van der Waals surface area (Å²) in [5.74, 6) is -0.0268. The summed E-state index contributed by atoms with van der Waals surface area (Å²) in [6.07, 6.45) is 2.75. The predicted molar refractivity (Wildman–Crippen MR) is 104 cm³/mol. The molecule has 3 heterocycles. The number of nitrogens with one attached hydrogen (secondary N) is 1. The number of aromatic nitrogens is 2. The van der Waals surface area contributed by atoms with Crippen LogP contribution in [0.3, 0.4) is 0 Å². The number of carbonyl (C=O) groups is 1. The van der Waals surface area contributed by atoms with Crippen LogP contribution < -0.4 is 10.1 Å². The summed E-state index contributed by atoms with van der Waals surface area (Å²) in [5, 5.41) is 6.64. The highest BCUT2D eigenvalue weighted by molar-refractivity contribution is 5.89. The van der Waals surface area contributed by atoms with Gasteiger partial charge in [-0.2, -0.15) is 4.39 Å². The number of halogens is 1. The van der Waals surface area contributed by atoms with Crippen molar-refractivity contribution in [2.24, 2.45) is 5.16 Å². The molecular weight excluding hydrogens is 379 g/mol. The van der Waals surface area contributed by atoms with Crippen LogP contribution in [-0.4, -0.2) is 46.6 Å². The van der Waals surface area contributed by atoms with Gasteiger partial charge in [-0.15, -0.1) is 0 Å². The first-order valence-corrected chi connectivity index (χ1v) is 9.18. The first-order chi connectivity index (χ1) is 13.8. The third-order valence-corrected chi connectivity index (χ3v) is 3.83. The fraction of sp³-hybridized carbons (Fsp3) is 0.400. The second kappa shape index (κ2) is 8.85. The molecule has 154 valence electrons. The molecule has 0 aliphatic carbocycles. The molecule has 0 fully saturated rings. The highest BCUT2D eigenvalue weighted by Crippen LogP contribution is 2.27. The zero-order valence-electron chi connectivity index (χ0n) is 16.5. The Bertz CT molecular complexity index is 881. The second-order valence-corrected chi connectivity index (χ2v) is 7.48. The van der Waals surface area contributed by atoms with E-state index in [1.165, 1.54) is 12.3 Å². The SMILES string of the molecule is CC(C)(C)OC(=O)NCC1=NOC(COc2cccnc2-c2ccc(F)nc2)C1. The van der Waals surface area contributed by atoms with Gasteiger partial charge in [0, 0.05) is 24.4 Å². The quantitative estimate of drug-likeness (QED) is 0.745. The maximum Gasteiger partial charge on any atom is 0.407 e. The van der Waals surface area contributed by atoms with E-state index >= 15 is 0 Å². The normalized spacial score (nSPS) is 16.0. The van der Waals surface area contributed by atoms with Crippen molar-refractivity contribution in [1.82, 2.24) is 15.3 Å². The van der Waals surface area contributed by atoms with E-state index in [1.807, 2.05) is 0 Å². The number of alkyl carbamates (subject to hydrolysis) is 1. The highest BCUT2D eigenvalue weighted by atomic mass is 19.1. The van der Waals surface area contributed by atoms with Crippen LogP contribution in [0.5, 0.6) is 5.75 Å². The molecule has 1 unspecified atom stereocenters. The Morgan fingerprint density at radius 1 is 1.31 bits per heavy atom. The molecule has 0 bridgehead atoms. The molecular formula is C20H23FN4O4. The summed E-state index contributed by atoms with van der Waals surface area (Å²) in [5.41, 5.74) is 1.34. The van der Waals surface area contributed by atoms with Gasteiger partial charge >= 0.3 is 6.09 Å². The number of carbonyl (C=O) groups excluding carboxylic acids is 1. The van der Waals surface area contributed by atoms with Crippen molar-refractivity contribution in [2.75, 3.05) is 13.2 Å². The Balaban J connectivity index is 1.50. The second-order valence-electron chi connectivity index (χ2n) is 7.48. The van der Waals surface area contributed by atoms with Gasteiger partial charge in [-0.05, 0) is 45.0 Å². The standard InChI is InChI=1S/C20H23FN4O4/c1-20(2,3)28-19(26)24-11-14-9-15(29-25-14)12-27-16-5-4-8-22-18(16)13-6-7-17(21)23-10-13/h4-8,10,15H,9,11-12H2,1-3H3,(H,24,26). The number of hydrogen-bond donors (Lipinski definition) is 1. The summed E-state index contributed by atoms with van der Waals surface area (Å²) < 4.78 is 24.1. The molecule has 2 aromatic rings. The lowest BCUT2D eigenvalue weighted by molar-refractivity contribution is 0.0471. The zero-order chi connectivity index (χ0) is 20.9. The van der Waals surface area contributed by atoms with Crippen molar-refractivity contribution < 1.29 is 23.5 Å². The number of amides is 1. The van der Waals surface area contributed by atoms with Crippen LogP contribution in [0, 0.1) is 5.95 Å². The molecule has 1 aliphatic rings. The van der Waals surface area contributed by atoms with Gasteiger partial charge in [0.25, 0.3) is 0 Å². The highest BCUT2D eigenvalue weighted by Gasteiger charge is 2.24. The molecule has 0 saturated carbocycles. The summed E-state index contributed by atoms with van der Waals surface area (Å²) in [6, 6.07) is 6.38. The van der Waals surface area contributed by atoms with Crippen molar-refractivity contribution in [1.29, 1.82) is 0 Å². The molecule has 1 amide bonds. The molecule has 9 heteroatoms. The van der Waals surface area contributed by atoms with E-state index in [1.54, 1.807) is 45.2 Å². The molecule has 3 rings (SSSR count). The van der Waals surface area contributed by atoms with E-state index in [0.29, 0.717) is 29.1 Å². The third kappa shape index (κ3) is 6.13. The Kier molecular flexibility index (Phi) is 6.26. The smallest absolute Gasteiger partial charge is 0.407 e. The van der Waals surface area contributed by atoms with Crippen molar-refractivity contribution in [3.8, 4) is 17.0 Å². The van der Waals surface area contributed by atoms with Crippen molar-refractivity contribution in [3.05, 3.63) is 42.6 Å². The molecule has 8 nitrogen and oxygen atoms in total. The third-order valence-electron chi connectivity index (χ3n) is 3.83. The molecule has 1 N–H and O–H groups in total. The molecule has 0 spiro atoms. The van der Waals surface area contributed by atoms with E-state index in [4.69, 9.17) is 14.3 Å². The Hall–Kier alpha value is -3.23. The van der Waals surface area contributed by atoms with E-state index in [9.17, 15) is 9.18 Å². The lowest BCUT2D eigenvalue weighted by Gasteiger charge is -2.19. The number of rotatable bonds is 6. The summed E-state index contributed by atoms with van der Waals surface area (Å²) in [6.45, 7) is 5.87. The van der Waals surface area contributed by atoms with Gasteiger partial charge in [0.15, 0.2) is 6.10 Å². The summed E-state index contributed by atoms with van der Waals surface area (Å²) in [7, 11) is 0. The van der Waals surface area contributed by atoms with Gasteiger partial charge in [0.2, 0.25) is 5.95 Å². The number of nitrogens with zero attached hydrogens (tertiary/aromatic N) is 3. The molecule has 1 aliphatic heterocycles. The number of ether oxygens (including phenoxy) is 2. The zero-order valence-corrected chi connectivity index (χ0v) is 16.5. The van der Waals surface area contributed by atoms with Crippen molar-refractivity contribution in [2.45, 2.75) is 38.9 Å². The van der Waals surface area contributed by atoms with E-state index < -0.39 is 17.6 Å². The van der Waals surface area contributed by atoms with Gasteiger partial charge in [-0.1, -0.05) is 5.16 Å². The van der Waals surface area contributed by atoms with E-state index in [-0.39, 0.29) is 19.3 Å². The van der Waals surface area contributed by atoms with Gasteiger partial charge in [-0.3, -0.25) is 4.98 Å². The Morgan fingerprint density at radius 2 is 2.14 bits per heavy atom. The minimum atomic E-state index is -0.560. The predicted octanol–water partition coefficient (Wildman–Crippen LogP) is 3.33. The molecule has 29 heavy (non-hydrogen) atoms. The van der Waals surface area contributed by atoms with Gasteiger partial charge in [0.1, 0.15) is 23.7 Å². The van der Waals surface area contributed by atoms with Crippen LogP contribution in [0.1, 0.15) is 27.2 Å². The number of pyridine rings is 2. The maximum atomic E-state index is 13.1. The minimum Gasteiger partial charge on any atom is -0.487 e. The first-order valence-electron chi connectivity index (χ1n) is 9.18. The van der Waals surface area contributed by atoms with E-state index in [2.05, 4.69) is 20.4 Å². The largest absolute Gasteiger partial charge is 0.487 e. The molecule has 0 radical (unpaired) electrons. The Morgan fingerprint density at radius 3 is 2.86 bits per heavy atom. The minimum absolute atomic E-state index is 0.241. The van der Waals surface area contributed by atoms with Crippen LogP contribution in [0.4, 0.5) is 9.18 Å². The monoisotopic (exact) mass is 402 g/mol. The fourth-order valence-electron chi connectivity index (χ4n) is 2.59. The lowest BCUT2D eigenvalue weighted by Crippen LogP contribution is -2.35. The van der Waals surface area contributed by atoms with Crippen molar-refractivity contribution >= 4 is 11.8 Å². The molecule has 1 atom stereocenters. The number of hydrogen-bond acceptors (Lipinski definition) is 7. The van der Waals surface area contributed by atoms with E-state index in [0.717, 1.165) is 0 Å². The fourth-order valence-corrected chi connectivity index (χ4v) is 2.59. The van der Waals surface area contributed by atoms with Crippen LogP contribution in [0.15, 0.2) is 41.8 Å². The average Bonchev–Trinajstić information content (AvgIpc) is 3.12. The van der Waals surface area contributed by atoms with Crippen molar-refractivity contribution in [3.63, 3.8) is 0 Å². The molecule has 0 saturated heterocycles. The van der Waals surface area contributed by atoms with Crippen LogP contribution in [-0.2, 0) is 9.57 Å². The van der Waals surface area contributed by atoms with Gasteiger partial charge in [-0.25, -0.2) is 9.78 Å². The topological polar surface area (TPSA) is 94.9 Å². The maximum absolute atomic E-state index is 13.1. The molecule has 0 aromatic carbocycles. The number of oxime groups is 1. The van der Waals surface area contributed by atoms with Gasteiger partial charge < -0.3 is 19.6 Å². The van der Waals surface area contributed by atoms with Gasteiger partial charge in [0.05, 0.1) is 12.3 Å². The first kappa shape index (κ1) is 20.5. The Labute approximate surface area is 168 Å². The lowest BCUT2D eigenvalue weighted by atomic mass is 10.1. The summed E-state index contributed by atoms with van der Waals surface area (Å²) in [4.78, 5) is 25.0.